The molecule has 2 heteroatoms. The largest absolute Gasteiger partial charge is 0.343 e. The monoisotopic (exact) mass is 181 g/mol. The molecule has 2 fully saturated rings. The summed E-state index contributed by atoms with van der Waals surface area (Å²) in [6.45, 7) is 4.15. The van der Waals surface area contributed by atoms with E-state index in [1.54, 1.807) is 0 Å². The van der Waals surface area contributed by atoms with Gasteiger partial charge in [-0.1, -0.05) is 0 Å². The average molecular weight is 181 g/mol. The highest BCUT2D eigenvalue weighted by atomic mass is 16.2. The molecule has 0 aromatic carbocycles. The Morgan fingerprint density at radius 2 is 1.77 bits per heavy atom. The van der Waals surface area contributed by atoms with Gasteiger partial charge in [0.1, 0.15) is 0 Å². The molecular weight excluding hydrogens is 162 g/mol. The van der Waals surface area contributed by atoms with Gasteiger partial charge in [-0.05, 0) is 44.9 Å². The summed E-state index contributed by atoms with van der Waals surface area (Å²) in [7, 11) is 1.93. The standard InChI is InChI=1S/C11H19NO/c1-7(2)12(3)11(13)10-5-8-4-9(8)6-10/h7-10H,4-6H2,1-3H3. The zero-order valence-electron chi connectivity index (χ0n) is 8.79. The van der Waals surface area contributed by atoms with Crippen molar-refractivity contribution >= 4 is 5.91 Å². The first-order valence-corrected chi connectivity index (χ1v) is 5.36. The molecule has 0 aromatic rings. The van der Waals surface area contributed by atoms with Gasteiger partial charge in [0, 0.05) is 19.0 Å². The van der Waals surface area contributed by atoms with E-state index in [0.717, 1.165) is 11.8 Å². The van der Waals surface area contributed by atoms with Crippen molar-refractivity contribution in [2.24, 2.45) is 17.8 Å². The van der Waals surface area contributed by atoms with Crippen LogP contribution in [0.5, 0.6) is 0 Å². The van der Waals surface area contributed by atoms with Crippen LogP contribution in [0.2, 0.25) is 0 Å². The molecule has 0 N–H and O–H groups in total. The van der Waals surface area contributed by atoms with Crippen LogP contribution in [0.25, 0.3) is 0 Å². The van der Waals surface area contributed by atoms with Crippen molar-refractivity contribution in [1.82, 2.24) is 4.90 Å². The number of hydrogen-bond donors (Lipinski definition) is 0. The van der Waals surface area contributed by atoms with Gasteiger partial charge >= 0.3 is 0 Å². The number of fused-ring (bicyclic) bond motifs is 1. The van der Waals surface area contributed by atoms with Crippen LogP contribution < -0.4 is 0 Å². The number of rotatable bonds is 2. The van der Waals surface area contributed by atoms with Crippen LogP contribution in [0.1, 0.15) is 33.1 Å². The van der Waals surface area contributed by atoms with E-state index in [0.29, 0.717) is 17.9 Å². The molecule has 2 atom stereocenters. The highest BCUT2D eigenvalue weighted by Crippen LogP contribution is 2.54. The molecule has 1 amide bonds. The minimum atomic E-state index is 0.351. The van der Waals surface area contributed by atoms with E-state index in [-0.39, 0.29) is 0 Å². The summed E-state index contributed by atoms with van der Waals surface area (Å²) in [6.07, 6.45) is 3.73. The van der Waals surface area contributed by atoms with Gasteiger partial charge in [-0.3, -0.25) is 4.79 Å². The Hall–Kier alpha value is -0.530. The highest BCUT2D eigenvalue weighted by molar-refractivity contribution is 5.79. The predicted molar refractivity (Wildman–Crippen MR) is 52.2 cm³/mol. The second-order valence-corrected chi connectivity index (χ2v) is 4.97. The molecule has 13 heavy (non-hydrogen) atoms. The third-order valence-corrected chi connectivity index (χ3v) is 3.72. The molecule has 0 radical (unpaired) electrons. The molecule has 74 valence electrons. The van der Waals surface area contributed by atoms with Crippen LogP contribution in [0.3, 0.4) is 0 Å². The lowest BCUT2D eigenvalue weighted by atomic mass is 10.0. The Morgan fingerprint density at radius 1 is 1.23 bits per heavy atom. The van der Waals surface area contributed by atoms with E-state index in [2.05, 4.69) is 13.8 Å². The number of carbonyl (C=O) groups excluding carboxylic acids is 1. The van der Waals surface area contributed by atoms with Crippen molar-refractivity contribution in [1.29, 1.82) is 0 Å². The van der Waals surface area contributed by atoms with Crippen LogP contribution >= 0.6 is 0 Å². The van der Waals surface area contributed by atoms with Gasteiger partial charge in [-0.15, -0.1) is 0 Å². The van der Waals surface area contributed by atoms with Crippen LogP contribution in [-0.2, 0) is 4.79 Å². The fourth-order valence-electron chi connectivity index (χ4n) is 2.46. The first-order chi connectivity index (χ1) is 6.09. The molecule has 2 unspecified atom stereocenters. The Bertz CT molecular complexity index is 214. The number of carbonyl (C=O) groups is 1. The zero-order valence-corrected chi connectivity index (χ0v) is 8.79. The van der Waals surface area contributed by atoms with Crippen LogP contribution in [0, 0.1) is 17.8 Å². The van der Waals surface area contributed by atoms with Crippen molar-refractivity contribution in [2.45, 2.75) is 39.2 Å². The summed E-state index contributed by atoms with van der Waals surface area (Å²) in [6, 6.07) is 0.351. The van der Waals surface area contributed by atoms with Crippen LogP contribution in [-0.4, -0.2) is 23.9 Å². The van der Waals surface area contributed by atoms with Crippen LogP contribution in [0.4, 0.5) is 0 Å². The van der Waals surface area contributed by atoms with E-state index in [9.17, 15) is 4.79 Å². The normalized spacial score (nSPS) is 36.2. The maximum atomic E-state index is 11.9. The van der Waals surface area contributed by atoms with Crippen molar-refractivity contribution in [3.05, 3.63) is 0 Å². The molecule has 0 aromatic heterocycles. The molecule has 0 heterocycles. The van der Waals surface area contributed by atoms with Gasteiger partial charge in [0.2, 0.25) is 5.91 Å². The van der Waals surface area contributed by atoms with E-state index in [1.165, 1.54) is 19.3 Å². The summed E-state index contributed by atoms with van der Waals surface area (Å²) >= 11 is 0. The van der Waals surface area contributed by atoms with Gasteiger partial charge in [0.25, 0.3) is 0 Å². The van der Waals surface area contributed by atoms with Crippen molar-refractivity contribution in [2.75, 3.05) is 7.05 Å². The molecule has 0 bridgehead atoms. The third kappa shape index (κ3) is 1.59. The average Bonchev–Trinajstić information content (AvgIpc) is 2.71. The summed E-state index contributed by atoms with van der Waals surface area (Å²) in [5.41, 5.74) is 0. The van der Waals surface area contributed by atoms with Gasteiger partial charge in [0.15, 0.2) is 0 Å². The molecule has 2 rings (SSSR count). The van der Waals surface area contributed by atoms with E-state index in [4.69, 9.17) is 0 Å². The SMILES string of the molecule is CC(C)N(C)C(=O)C1CC2CC2C1. The molecule has 2 saturated carbocycles. The highest BCUT2D eigenvalue weighted by Gasteiger charge is 2.48. The predicted octanol–water partition coefficient (Wildman–Crippen LogP) is 1.90. The maximum absolute atomic E-state index is 11.9. The lowest BCUT2D eigenvalue weighted by Gasteiger charge is -2.25. The van der Waals surface area contributed by atoms with E-state index >= 15 is 0 Å². The van der Waals surface area contributed by atoms with Crippen molar-refractivity contribution in [3.63, 3.8) is 0 Å². The van der Waals surface area contributed by atoms with Crippen LogP contribution in [0.15, 0.2) is 0 Å². The molecule has 2 aliphatic rings. The fraction of sp³-hybridized carbons (Fsp3) is 0.909. The first kappa shape index (κ1) is 9.04. The number of hydrogen-bond acceptors (Lipinski definition) is 1. The third-order valence-electron chi connectivity index (χ3n) is 3.72. The summed E-state index contributed by atoms with van der Waals surface area (Å²) in [5.74, 6) is 2.56. The Kier molecular flexibility index (Phi) is 2.09. The zero-order chi connectivity index (χ0) is 9.59. The molecule has 2 aliphatic carbocycles. The first-order valence-electron chi connectivity index (χ1n) is 5.36. The maximum Gasteiger partial charge on any atom is 0.225 e. The molecule has 0 spiro atoms. The minimum absolute atomic E-state index is 0.351. The lowest BCUT2D eigenvalue weighted by Crippen LogP contribution is -2.37. The quantitative estimate of drug-likeness (QED) is 0.637. The fourth-order valence-corrected chi connectivity index (χ4v) is 2.46. The smallest absolute Gasteiger partial charge is 0.225 e. The van der Waals surface area contributed by atoms with Crippen molar-refractivity contribution < 1.29 is 4.79 Å². The Balaban J connectivity index is 1.90. The lowest BCUT2D eigenvalue weighted by molar-refractivity contribution is -0.135. The molecule has 0 saturated heterocycles. The molecule has 2 nitrogen and oxygen atoms in total. The summed E-state index contributed by atoms with van der Waals surface area (Å²) in [5, 5.41) is 0. The Labute approximate surface area is 80.3 Å². The summed E-state index contributed by atoms with van der Waals surface area (Å²) < 4.78 is 0. The number of nitrogens with zero attached hydrogens (tertiary/aromatic N) is 1. The second-order valence-electron chi connectivity index (χ2n) is 4.97. The van der Waals surface area contributed by atoms with Gasteiger partial charge < -0.3 is 4.90 Å². The van der Waals surface area contributed by atoms with E-state index < -0.39 is 0 Å². The Morgan fingerprint density at radius 3 is 2.23 bits per heavy atom. The van der Waals surface area contributed by atoms with Gasteiger partial charge in [0.05, 0.1) is 0 Å². The van der Waals surface area contributed by atoms with Crippen molar-refractivity contribution in [3.8, 4) is 0 Å². The minimum Gasteiger partial charge on any atom is -0.343 e. The second kappa shape index (κ2) is 3.00. The van der Waals surface area contributed by atoms with Gasteiger partial charge in [-0.25, -0.2) is 0 Å². The molecule has 0 aliphatic heterocycles. The molecular formula is C11H19NO. The van der Waals surface area contributed by atoms with Gasteiger partial charge in [-0.2, -0.15) is 0 Å². The number of amides is 1. The van der Waals surface area contributed by atoms with E-state index in [1.807, 2.05) is 11.9 Å². The topological polar surface area (TPSA) is 20.3 Å². The summed E-state index contributed by atoms with van der Waals surface area (Å²) in [4.78, 5) is 13.8.